The second kappa shape index (κ2) is 9.94. The van der Waals surface area contributed by atoms with Crippen LogP contribution in [0, 0.1) is 5.92 Å². The number of para-hydroxylation sites is 1. The van der Waals surface area contributed by atoms with Crippen molar-refractivity contribution in [3.05, 3.63) is 54.1 Å². The number of rotatable bonds is 8. The summed E-state index contributed by atoms with van der Waals surface area (Å²) in [6, 6.07) is 14.0. The summed E-state index contributed by atoms with van der Waals surface area (Å²) in [6.45, 7) is 1.11. The molecule has 0 bridgehead atoms. The molecule has 0 spiro atoms. The van der Waals surface area contributed by atoms with Gasteiger partial charge in [-0.1, -0.05) is 12.1 Å². The lowest BCUT2D eigenvalue weighted by Crippen LogP contribution is -2.30. The van der Waals surface area contributed by atoms with E-state index in [0.717, 1.165) is 12.3 Å². The second-order valence-corrected chi connectivity index (χ2v) is 6.35. The highest BCUT2D eigenvalue weighted by Crippen LogP contribution is 2.27. The first-order valence-electron chi connectivity index (χ1n) is 8.70. The van der Waals surface area contributed by atoms with Crippen molar-refractivity contribution in [2.24, 2.45) is 5.92 Å². The molecule has 1 aliphatic rings. The molecular formula is C20H24ClN3O3. The van der Waals surface area contributed by atoms with E-state index in [1.807, 2.05) is 0 Å². The highest BCUT2D eigenvalue weighted by Gasteiger charge is 2.20. The predicted molar refractivity (Wildman–Crippen MR) is 109 cm³/mol. The van der Waals surface area contributed by atoms with Crippen LogP contribution >= 0.6 is 12.4 Å². The molecule has 27 heavy (non-hydrogen) atoms. The van der Waals surface area contributed by atoms with Gasteiger partial charge in [-0.3, -0.25) is 9.59 Å². The van der Waals surface area contributed by atoms with Crippen molar-refractivity contribution >= 4 is 35.6 Å². The zero-order chi connectivity index (χ0) is 18.4. The van der Waals surface area contributed by atoms with E-state index in [2.05, 4.69) is 16.0 Å². The topological polar surface area (TPSA) is 79.5 Å². The van der Waals surface area contributed by atoms with E-state index >= 15 is 0 Å². The Balaban J connectivity index is 0.00000261. The normalized spacial score (nSPS) is 12.6. The third-order valence-electron chi connectivity index (χ3n) is 4.21. The molecule has 3 rings (SSSR count). The molecule has 0 radical (unpaired) electrons. The van der Waals surface area contributed by atoms with E-state index in [4.69, 9.17) is 4.74 Å². The molecule has 0 saturated heterocycles. The van der Waals surface area contributed by atoms with Crippen LogP contribution < -0.4 is 20.7 Å². The number of hydrogen-bond donors (Lipinski definition) is 3. The zero-order valence-electron chi connectivity index (χ0n) is 15.2. The van der Waals surface area contributed by atoms with Crippen LogP contribution in [0.4, 0.5) is 11.4 Å². The summed E-state index contributed by atoms with van der Waals surface area (Å²) in [6.07, 6.45) is 2.48. The minimum Gasteiger partial charge on any atom is -0.497 e. The molecule has 0 atom stereocenters. The van der Waals surface area contributed by atoms with E-state index in [0.29, 0.717) is 22.9 Å². The van der Waals surface area contributed by atoms with Crippen molar-refractivity contribution < 1.29 is 14.3 Å². The molecule has 1 fully saturated rings. The Morgan fingerprint density at radius 1 is 1.04 bits per heavy atom. The molecule has 7 heteroatoms. The van der Waals surface area contributed by atoms with Gasteiger partial charge in [-0.2, -0.15) is 0 Å². The summed E-state index contributed by atoms with van der Waals surface area (Å²) in [7, 11) is 1.59. The first kappa shape index (κ1) is 20.7. The third kappa shape index (κ3) is 6.27. The van der Waals surface area contributed by atoms with Gasteiger partial charge in [0.25, 0.3) is 5.91 Å². The van der Waals surface area contributed by atoms with Crippen LogP contribution in [0.15, 0.2) is 48.5 Å². The van der Waals surface area contributed by atoms with Gasteiger partial charge in [0.05, 0.1) is 24.9 Å². The van der Waals surface area contributed by atoms with Crippen molar-refractivity contribution in [1.82, 2.24) is 5.32 Å². The van der Waals surface area contributed by atoms with Gasteiger partial charge in [-0.25, -0.2) is 0 Å². The highest BCUT2D eigenvalue weighted by molar-refractivity contribution is 6.10. The number of anilines is 2. The third-order valence-corrected chi connectivity index (χ3v) is 4.21. The molecule has 2 aromatic rings. The minimum absolute atomic E-state index is 0. The lowest BCUT2D eigenvalue weighted by atomic mass is 10.1. The molecule has 0 unspecified atom stereocenters. The van der Waals surface area contributed by atoms with Crippen LogP contribution in [0.2, 0.25) is 0 Å². The molecule has 6 nitrogen and oxygen atoms in total. The number of hydrogen-bond acceptors (Lipinski definition) is 4. The Bertz CT molecular complexity index is 776. The van der Waals surface area contributed by atoms with Crippen LogP contribution in [0.5, 0.6) is 5.75 Å². The SMILES string of the molecule is COc1ccc(NC(=O)c2ccccc2NC(=O)CNCC2CC2)cc1.Cl. The minimum atomic E-state index is -0.281. The zero-order valence-corrected chi connectivity index (χ0v) is 16.0. The van der Waals surface area contributed by atoms with E-state index < -0.39 is 0 Å². The maximum Gasteiger partial charge on any atom is 0.257 e. The summed E-state index contributed by atoms with van der Waals surface area (Å²) in [5.41, 5.74) is 1.57. The van der Waals surface area contributed by atoms with E-state index in [1.54, 1.807) is 55.6 Å². The molecule has 144 valence electrons. The highest BCUT2D eigenvalue weighted by atomic mass is 35.5. The van der Waals surface area contributed by atoms with Gasteiger partial charge in [0.15, 0.2) is 0 Å². The van der Waals surface area contributed by atoms with Crippen molar-refractivity contribution in [2.75, 3.05) is 30.8 Å². The summed E-state index contributed by atoms with van der Waals surface area (Å²) in [5.74, 6) is 0.993. The van der Waals surface area contributed by atoms with E-state index in [1.165, 1.54) is 12.8 Å². The smallest absolute Gasteiger partial charge is 0.257 e. The lowest BCUT2D eigenvalue weighted by Gasteiger charge is -2.12. The van der Waals surface area contributed by atoms with Gasteiger partial charge in [0, 0.05) is 5.69 Å². The molecule has 2 aromatic carbocycles. The van der Waals surface area contributed by atoms with Gasteiger partial charge in [0.2, 0.25) is 5.91 Å². The number of methoxy groups -OCH3 is 1. The van der Waals surface area contributed by atoms with Crippen molar-refractivity contribution in [3.63, 3.8) is 0 Å². The molecule has 0 aromatic heterocycles. The van der Waals surface area contributed by atoms with Gasteiger partial charge in [0.1, 0.15) is 5.75 Å². The van der Waals surface area contributed by atoms with Crippen LogP contribution in [0.25, 0.3) is 0 Å². The monoisotopic (exact) mass is 389 g/mol. The van der Waals surface area contributed by atoms with Gasteiger partial charge >= 0.3 is 0 Å². The van der Waals surface area contributed by atoms with Gasteiger partial charge < -0.3 is 20.7 Å². The van der Waals surface area contributed by atoms with Crippen LogP contribution in [0.3, 0.4) is 0 Å². The first-order valence-corrected chi connectivity index (χ1v) is 8.70. The number of amides is 2. The van der Waals surface area contributed by atoms with Crippen molar-refractivity contribution in [2.45, 2.75) is 12.8 Å². The van der Waals surface area contributed by atoms with Crippen LogP contribution in [0.1, 0.15) is 23.2 Å². The lowest BCUT2D eigenvalue weighted by molar-refractivity contribution is -0.115. The van der Waals surface area contributed by atoms with Gasteiger partial charge in [-0.05, 0) is 61.7 Å². The standard InChI is InChI=1S/C20H23N3O3.ClH/c1-26-16-10-8-15(9-11-16)22-20(25)17-4-2-3-5-18(17)23-19(24)13-21-12-14-6-7-14;/h2-5,8-11,14,21H,6-7,12-13H2,1H3,(H,22,25)(H,23,24);1H. The summed E-state index contributed by atoms with van der Waals surface area (Å²) in [5, 5.41) is 8.78. The summed E-state index contributed by atoms with van der Waals surface area (Å²) in [4.78, 5) is 24.7. The van der Waals surface area contributed by atoms with E-state index in [9.17, 15) is 9.59 Å². The Labute approximate surface area is 165 Å². The molecule has 2 amide bonds. The number of halogens is 1. The largest absolute Gasteiger partial charge is 0.497 e. The quantitative estimate of drug-likeness (QED) is 0.647. The molecule has 1 saturated carbocycles. The number of carbonyl (C=O) groups is 2. The Morgan fingerprint density at radius 2 is 1.74 bits per heavy atom. The number of benzene rings is 2. The average molecular weight is 390 g/mol. The fourth-order valence-corrected chi connectivity index (χ4v) is 2.57. The molecule has 0 aliphatic heterocycles. The van der Waals surface area contributed by atoms with E-state index in [-0.39, 0.29) is 30.8 Å². The molecule has 3 N–H and O–H groups in total. The van der Waals surface area contributed by atoms with Gasteiger partial charge in [-0.15, -0.1) is 12.4 Å². The Kier molecular flexibility index (Phi) is 7.64. The molecule has 0 heterocycles. The Hall–Kier alpha value is -2.57. The average Bonchev–Trinajstić information content (AvgIpc) is 3.47. The maximum atomic E-state index is 12.6. The second-order valence-electron chi connectivity index (χ2n) is 6.35. The molecular weight excluding hydrogens is 366 g/mol. The summed E-state index contributed by atoms with van der Waals surface area (Å²) >= 11 is 0. The first-order chi connectivity index (χ1) is 12.7. The number of ether oxygens (including phenoxy) is 1. The maximum absolute atomic E-state index is 12.6. The fourth-order valence-electron chi connectivity index (χ4n) is 2.57. The molecule has 1 aliphatic carbocycles. The number of nitrogens with one attached hydrogen (secondary N) is 3. The number of carbonyl (C=O) groups excluding carboxylic acids is 2. The van der Waals surface area contributed by atoms with Crippen molar-refractivity contribution in [3.8, 4) is 5.75 Å². The van der Waals surface area contributed by atoms with Crippen molar-refractivity contribution in [1.29, 1.82) is 0 Å². The van der Waals surface area contributed by atoms with Crippen LogP contribution in [-0.2, 0) is 4.79 Å². The Morgan fingerprint density at radius 3 is 2.41 bits per heavy atom. The fraction of sp³-hybridized carbons (Fsp3) is 0.300. The predicted octanol–water partition coefficient (Wildman–Crippen LogP) is 3.31. The van der Waals surface area contributed by atoms with Crippen LogP contribution in [-0.4, -0.2) is 32.0 Å². The summed E-state index contributed by atoms with van der Waals surface area (Å²) < 4.78 is 5.11.